The predicted octanol–water partition coefficient (Wildman–Crippen LogP) is -0.355. The van der Waals surface area contributed by atoms with E-state index in [1.807, 2.05) is 0 Å². The number of rotatable bonds is 6. The maximum Gasteiger partial charge on any atom is 0.148 e. The lowest BCUT2D eigenvalue weighted by molar-refractivity contribution is 0.0609. The Morgan fingerprint density at radius 3 is 2.22 bits per heavy atom. The molecule has 0 amide bonds. The zero-order valence-corrected chi connectivity index (χ0v) is 12.8. The van der Waals surface area contributed by atoms with Crippen LogP contribution >= 0.6 is 0 Å². The highest BCUT2D eigenvalue weighted by molar-refractivity contribution is 7.90. The van der Waals surface area contributed by atoms with E-state index in [4.69, 9.17) is 0 Å². The molecule has 0 aromatic carbocycles. The van der Waals surface area contributed by atoms with Crippen LogP contribution in [-0.2, 0) is 9.84 Å². The normalized spacial score (nSPS) is 27.6. The van der Waals surface area contributed by atoms with Crippen LogP contribution in [0.25, 0.3) is 0 Å². The van der Waals surface area contributed by atoms with Crippen molar-refractivity contribution in [1.29, 1.82) is 0 Å². The number of nitrogens with one attached hydrogen (secondary N) is 1. The molecule has 1 aliphatic heterocycles. The number of sulfone groups is 1. The maximum absolute atomic E-state index is 11.0. The second-order valence-corrected chi connectivity index (χ2v) is 7.76. The molecule has 0 spiro atoms. The predicted molar refractivity (Wildman–Crippen MR) is 75.7 cm³/mol. The van der Waals surface area contributed by atoms with Gasteiger partial charge in [0, 0.05) is 51.1 Å². The van der Waals surface area contributed by atoms with Gasteiger partial charge >= 0.3 is 0 Å². The zero-order chi connectivity index (χ0) is 13.8. The monoisotopic (exact) mass is 277 g/mol. The fraction of sp³-hybridized carbons (Fsp3) is 1.00. The van der Waals surface area contributed by atoms with E-state index in [2.05, 4.69) is 36.0 Å². The van der Waals surface area contributed by atoms with E-state index in [0.717, 1.165) is 26.2 Å². The molecule has 1 heterocycles. The van der Waals surface area contributed by atoms with Gasteiger partial charge in [-0.3, -0.25) is 9.80 Å². The molecule has 18 heavy (non-hydrogen) atoms. The van der Waals surface area contributed by atoms with Crippen molar-refractivity contribution < 1.29 is 8.42 Å². The number of likely N-dealkylation sites (N-methyl/N-ethyl adjacent to an activating group) is 1. The molecule has 0 aromatic heterocycles. The van der Waals surface area contributed by atoms with Crippen LogP contribution in [0.15, 0.2) is 0 Å². The van der Waals surface area contributed by atoms with E-state index in [-0.39, 0.29) is 5.75 Å². The second kappa shape index (κ2) is 6.84. The Bertz CT molecular complexity index is 333. The highest BCUT2D eigenvalue weighted by atomic mass is 32.2. The lowest BCUT2D eigenvalue weighted by atomic mass is 10.1. The van der Waals surface area contributed by atoms with Crippen LogP contribution in [0.1, 0.15) is 13.8 Å². The summed E-state index contributed by atoms with van der Waals surface area (Å²) in [4.78, 5) is 4.86. The number of hydrogen-bond acceptors (Lipinski definition) is 5. The molecule has 5 nitrogen and oxygen atoms in total. The average molecular weight is 277 g/mol. The first-order chi connectivity index (χ1) is 8.29. The smallest absolute Gasteiger partial charge is 0.148 e. The number of piperazine rings is 1. The molecule has 1 saturated heterocycles. The Balaban J connectivity index is 2.16. The summed E-state index contributed by atoms with van der Waals surface area (Å²) < 4.78 is 21.9. The van der Waals surface area contributed by atoms with Gasteiger partial charge in [-0.05, 0) is 20.9 Å². The summed E-state index contributed by atoms with van der Waals surface area (Å²) in [5.74, 6) is 0.225. The topological polar surface area (TPSA) is 52.7 Å². The van der Waals surface area contributed by atoms with Crippen LogP contribution in [0.5, 0.6) is 0 Å². The van der Waals surface area contributed by atoms with Crippen molar-refractivity contribution in [3.8, 4) is 0 Å². The van der Waals surface area contributed by atoms with Crippen LogP contribution < -0.4 is 5.32 Å². The molecular formula is C12H27N3O2S. The van der Waals surface area contributed by atoms with Crippen LogP contribution in [-0.4, -0.2) is 82.1 Å². The summed E-state index contributed by atoms with van der Waals surface area (Å²) in [5.41, 5.74) is 0. The molecular weight excluding hydrogens is 250 g/mol. The van der Waals surface area contributed by atoms with E-state index in [0.29, 0.717) is 18.6 Å². The Kier molecular flexibility index (Phi) is 6.04. The third-order valence-corrected chi connectivity index (χ3v) is 4.64. The van der Waals surface area contributed by atoms with Gasteiger partial charge in [-0.1, -0.05) is 0 Å². The van der Waals surface area contributed by atoms with Gasteiger partial charge in [-0.25, -0.2) is 8.42 Å². The Labute approximate surface area is 111 Å². The van der Waals surface area contributed by atoms with E-state index in [9.17, 15) is 8.42 Å². The standard InChI is InChI=1S/C12H27N3O2S/c1-11-9-15(10-12(2)14(11)3)7-5-13-6-8-18(4,16)17/h11-13H,5-10H2,1-4H3. The third-order valence-electron chi connectivity index (χ3n) is 3.69. The van der Waals surface area contributed by atoms with Crippen molar-refractivity contribution >= 4 is 9.84 Å². The summed E-state index contributed by atoms with van der Waals surface area (Å²) in [7, 11) is -0.659. The molecule has 1 N–H and O–H groups in total. The fourth-order valence-electron chi connectivity index (χ4n) is 2.32. The molecule has 6 heteroatoms. The van der Waals surface area contributed by atoms with Gasteiger partial charge in [0.05, 0.1) is 5.75 Å². The Hall–Kier alpha value is -0.170. The van der Waals surface area contributed by atoms with Crippen molar-refractivity contribution in [2.75, 3.05) is 51.8 Å². The van der Waals surface area contributed by atoms with Gasteiger partial charge in [-0.15, -0.1) is 0 Å². The first-order valence-electron chi connectivity index (χ1n) is 6.62. The van der Waals surface area contributed by atoms with Gasteiger partial charge < -0.3 is 5.32 Å². The average Bonchev–Trinajstić information content (AvgIpc) is 2.23. The molecule has 108 valence electrons. The van der Waals surface area contributed by atoms with Crippen molar-refractivity contribution in [2.45, 2.75) is 25.9 Å². The Morgan fingerprint density at radius 2 is 1.72 bits per heavy atom. The third kappa shape index (κ3) is 5.65. The minimum atomic E-state index is -2.84. The summed E-state index contributed by atoms with van der Waals surface area (Å²) in [6.07, 6.45) is 1.28. The summed E-state index contributed by atoms with van der Waals surface area (Å²) >= 11 is 0. The van der Waals surface area contributed by atoms with Gasteiger partial charge in [-0.2, -0.15) is 0 Å². The maximum atomic E-state index is 11.0. The quantitative estimate of drug-likeness (QED) is 0.672. The van der Waals surface area contributed by atoms with E-state index in [1.165, 1.54) is 6.26 Å². The van der Waals surface area contributed by atoms with E-state index in [1.54, 1.807) is 0 Å². The summed E-state index contributed by atoms with van der Waals surface area (Å²) in [6, 6.07) is 1.18. The molecule has 0 aliphatic carbocycles. The van der Waals surface area contributed by atoms with Gasteiger partial charge in [0.15, 0.2) is 0 Å². The summed E-state index contributed by atoms with van der Waals surface area (Å²) in [5, 5.41) is 3.20. The van der Waals surface area contributed by atoms with Crippen molar-refractivity contribution in [1.82, 2.24) is 15.1 Å². The van der Waals surface area contributed by atoms with E-state index >= 15 is 0 Å². The van der Waals surface area contributed by atoms with Crippen molar-refractivity contribution in [3.63, 3.8) is 0 Å². The first-order valence-corrected chi connectivity index (χ1v) is 8.68. The molecule has 0 bridgehead atoms. The van der Waals surface area contributed by atoms with Crippen molar-refractivity contribution in [3.05, 3.63) is 0 Å². The van der Waals surface area contributed by atoms with Gasteiger partial charge in [0.2, 0.25) is 0 Å². The molecule has 2 unspecified atom stereocenters. The van der Waals surface area contributed by atoms with E-state index < -0.39 is 9.84 Å². The van der Waals surface area contributed by atoms with Crippen LogP contribution in [0.2, 0.25) is 0 Å². The molecule has 1 rings (SSSR count). The number of hydrogen-bond donors (Lipinski definition) is 1. The Morgan fingerprint density at radius 1 is 1.17 bits per heavy atom. The molecule has 0 radical (unpaired) electrons. The lowest BCUT2D eigenvalue weighted by Crippen LogP contribution is -2.55. The van der Waals surface area contributed by atoms with Gasteiger partial charge in [0.1, 0.15) is 9.84 Å². The highest BCUT2D eigenvalue weighted by Gasteiger charge is 2.25. The molecule has 0 aromatic rings. The largest absolute Gasteiger partial charge is 0.314 e. The SMILES string of the molecule is CC1CN(CCNCCS(C)(=O)=O)CC(C)N1C. The fourth-order valence-corrected chi connectivity index (χ4v) is 2.83. The van der Waals surface area contributed by atoms with Crippen LogP contribution in [0.3, 0.4) is 0 Å². The minimum Gasteiger partial charge on any atom is -0.314 e. The molecule has 1 aliphatic rings. The van der Waals surface area contributed by atoms with Crippen LogP contribution in [0.4, 0.5) is 0 Å². The minimum absolute atomic E-state index is 0.225. The van der Waals surface area contributed by atoms with Crippen LogP contribution in [0, 0.1) is 0 Å². The zero-order valence-electron chi connectivity index (χ0n) is 12.0. The second-order valence-electron chi connectivity index (χ2n) is 5.50. The molecule has 1 fully saturated rings. The summed E-state index contributed by atoms with van der Waals surface area (Å²) in [6.45, 7) is 9.09. The number of nitrogens with zero attached hydrogens (tertiary/aromatic N) is 2. The van der Waals surface area contributed by atoms with Crippen molar-refractivity contribution in [2.24, 2.45) is 0 Å². The lowest BCUT2D eigenvalue weighted by Gasteiger charge is -2.42. The highest BCUT2D eigenvalue weighted by Crippen LogP contribution is 2.12. The molecule has 2 atom stereocenters. The molecule has 0 saturated carbocycles. The van der Waals surface area contributed by atoms with Gasteiger partial charge in [0.25, 0.3) is 0 Å². The first kappa shape index (κ1) is 15.9.